The molecule has 0 fully saturated rings. The summed E-state index contributed by atoms with van der Waals surface area (Å²) in [6.45, 7) is 15.8. The molecule has 3 nitrogen and oxygen atoms in total. The summed E-state index contributed by atoms with van der Waals surface area (Å²) in [6, 6.07) is -0.132. The lowest BCUT2D eigenvalue weighted by atomic mass is 10.1. The van der Waals surface area contributed by atoms with Crippen molar-refractivity contribution in [1.82, 2.24) is 4.72 Å². The molecule has 0 aliphatic carbocycles. The molecule has 0 spiro atoms. The van der Waals surface area contributed by atoms with E-state index in [2.05, 4.69) is 16.7 Å². The first kappa shape index (κ1) is 17.5. The Morgan fingerprint density at radius 3 is 1.94 bits per heavy atom. The second-order valence-electron chi connectivity index (χ2n) is 6.68. The van der Waals surface area contributed by atoms with Crippen LogP contribution in [0.1, 0.15) is 55.4 Å². The van der Waals surface area contributed by atoms with Crippen LogP contribution in [0.25, 0.3) is 0 Å². The molecule has 106 valence electrons. The normalized spacial score (nSPS) is 15.8. The van der Waals surface area contributed by atoms with Gasteiger partial charge in [-0.25, -0.2) is 8.93 Å². The molecule has 0 aromatic rings. The molecule has 1 N–H and O–H groups in total. The Kier molecular flexibility index (Phi) is 6.39. The molecule has 0 saturated carbocycles. The highest BCUT2D eigenvalue weighted by molar-refractivity contribution is 7.84. The fraction of sp³-hybridized carbons (Fsp3) is 0.857. The van der Waals surface area contributed by atoms with Crippen LogP contribution in [0.5, 0.6) is 0 Å². The highest BCUT2D eigenvalue weighted by Gasteiger charge is 2.23. The monoisotopic (exact) mass is 273 g/mol. The van der Waals surface area contributed by atoms with Gasteiger partial charge in [0.05, 0.1) is 21.8 Å². The largest absolute Gasteiger partial charge is 0.441 e. The third-order valence-corrected chi connectivity index (χ3v) is 3.61. The zero-order valence-electron chi connectivity index (χ0n) is 12.9. The average Bonchev–Trinajstić information content (AvgIpc) is 2.12. The maximum atomic E-state index is 12.0. The smallest absolute Gasteiger partial charge is 0.112 e. The molecule has 0 heterocycles. The maximum Gasteiger partial charge on any atom is 0.112 e. The standard InChI is InChI=1S/C14H27NO2S/c1-11(2)12(9-10-17-13(3,4)5)15-18(16)14(6,7)8/h11-12,15H,1-8H3/t12-,18+/m1/s1. The Balaban J connectivity index is 4.65. The van der Waals surface area contributed by atoms with E-state index in [1.807, 2.05) is 55.4 Å². The fourth-order valence-corrected chi connectivity index (χ4v) is 1.79. The quantitative estimate of drug-likeness (QED) is 0.803. The Hall–Kier alpha value is -0.530. The molecule has 0 rings (SSSR count). The predicted octanol–water partition coefficient (Wildman–Crippen LogP) is 2.84. The molecule has 0 aromatic heterocycles. The summed E-state index contributed by atoms with van der Waals surface area (Å²) in [5.74, 6) is 3.27. The van der Waals surface area contributed by atoms with Crippen molar-refractivity contribution < 1.29 is 8.95 Å². The fourth-order valence-electron chi connectivity index (χ4n) is 0.870. The zero-order valence-corrected chi connectivity index (χ0v) is 13.7. The van der Waals surface area contributed by atoms with E-state index in [0.717, 1.165) is 0 Å². The van der Waals surface area contributed by atoms with Gasteiger partial charge in [0.1, 0.15) is 11.7 Å². The van der Waals surface area contributed by atoms with Crippen molar-refractivity contribution in [2.75, 3.05) is 0 Å². The van der Waals surface area contributed by atoms with E-state index in [-0.39, 0.29) is 22.3 Å². The van der Waals surface area contributed by atoms with Crippen molar-refractivity contribution >= 4 is 11.0 Å². The van der Waals surface area contributed by atoms with Crippen molar-refractivity contribution in [2.45, 2.75) is 71.8 Å². The molecule has 0 aliphatic rings. The van der Waals surface area contributed by atoms with Gasteiger partial charge >= 0.3 is 0 Å². The molecule has 0 aromatic carbocycles. The number of hydrogen-bond acceptors (Lipinski definition) is 2. The van der Waals surface area contributed by atoms with Gasteiger partial charge in [0.25, 0.3) is 0 Å². The number of nitrogens with one attached hydrogen (secondary N) is 1. The van der Waals surface area contributed by atoms with E-state index in [0.29, 0.717) is 0 Å². The zero-order chi connectivity index (χ0) is 14.6. The van der Waals surface area contributed by atoms with Gasteiger partial charge in [-0.3, -0.25) is 0 Å². The summed E-state index contributed by atoms with van der Waals surface area (Å²) in [7, 11) is -1.12. The maximum absolute atomic E-state index is 12.0. The first-order valence-corrected chi connectivity index (χ1v) is 7.45. The predicted molar refractivity (Wildman–Crippen MR) is 78.3 cm³/mol. The summed E-state index contributed by atoms with van der Waals surface area (Å²) >= 11 is 0. The second kappa shape index (κ2) is 6.58. The van der Waals surface area contributed by atoms with E-state index < -0.39 is 11.0 Å². The first-order valence-electron chi connectivity index (χ1n) is 6.30. The van der Waals surface area contributed by atoms with E-state index in [4.69, 9.17) is 4.74 Å². The van der Waals surface area contributed by atoms with Crippen molar-refractivity contribution in [2.24, 2.45) is 5.92 Å². The minimum Gasteiger partial charge on any atom is -0.441 e. The first-order chi connectivity index (χ1) is 7.93. The highest BCUT2D eigenvalue weighted by Crippen LogP contribution is 2.12. The summed E-state index contributed by atoms with van der Waals surface area (Å²) in [6.07, 6.45) is 2.72. The van der Waals surface area contributed by atoms with Gasteiger partial charge < -0.3 is 4.74 Å². The van der Waals surface area contributed by atoms with Crippen molar-refractivity contribution in [3.05, 3.63) is 0 Å². The Labute approximate surface area is 115 Å². The van der Waals surface area contributed by atoms with Crippen molar-refractivity contribution in [1.29, 1.82) is 0 Å². The molecule has 4 heteroatoms. The lowest BCUT2D eigenvalue weighted by Gasteiger charge is -2.23. The van der Waals surface area contributed by atoms with Crippen LogP contribution in [-0.4, -0.2) is 20.6 Å². The molecule has 0 unspecified atom stereocenters. The van der Waals surface area contributed by atoms with Crippen LogP contribution in [0, 0.1) is 17.9 Å². The molecule has 0 aliphatic heterocycles. The van der Waals surface area contributed by atoms with Crippen LogP contribution in [0.15, 0.2) is 0 Å². The second-order valence-corrected chi connectivity index (χ2v) is 8.68. The van der Waals surface area contributed by atoms with Crippen molar-refractivity contribution in [3.8, 4) is 12.0 Å². The lowest BCUT2D eigenvalue weighted by molar-refractivity contribution is 0.0959. The van der Waals surface area contributed by atoms with Gasteiger partial charge in [0, 0.05) is 0 Å². The van der Waals surface area contributed by atoms with Crippen LogP contribution in [0.4, 0.5) is 0 Å². The summed E-state index contributed by atoms with van der Waals surface area (Å²) in [5, 5.41) is 0. The van der Waals surface area contributed by atoms with Gasteiger partial charge in [-0.15, -0.1) is 0 Å². The van der Waals surface area contributed by atoms with Crippen LogP contribution in [-0.2, 0) is 15.7 Å². The summed E-state index contributed by atoms with van der Waals surface area (Å²) < 4.78 is 20.2. The van der Waals surface area contributed by atoms with E-state index in [1.165, 1.54) is 0 Å². The number of ether oxygens (including phenoxy) is 1. The summed E-state index contributed by atoms with van der Waals surface area (Å²) in [4.78, 5) is 0. The van der Waals surface area contributed by atoms with Crippen molar-refractivity contribution in [3.63, 3.8) is 0 Å². The molecule has 18 heavy (non-hydrogen) atoms. The Morgan fingerprint density at radius 1 is 1.11 bits per heavy atom. The molecular weight excluding hydrogens is 246 g/mol. The molecule has 0 radical (unpaired) electrons. The average molecular weight is 273 g/mol. The van der Waals surface area contributed by atoms with Crippen LogP contribution >= 0.6 is 0 Å². The van der Waals surface area contributed by atoms with E-state index >= 15 is 0 Å². The van der Waals surface area contributed by atoms with Gasteiger partial charge in [0.15, 0.2) is 0 Å². The molecule has 0 bridgehead atoms. The van der Waals surface area contributed by atoms with Crippen LogP contribution in [0.3, 0.4) is 0 Å². The van der Waals surface area contributed by atoms with Crippen LogP contribution < -0.4 is 4.72 Å². The topological polar surface area (TPSA) is 38.3 Å². The van der Waals surface area contributed by atoms with E-state index in [1.54, 1.807) is 0 Å². The third-order valence-electron chi connectivity index (χ3n) is 2.03. The number of rotatable bonds is 3. The molecule has 2 atom stereocenters. The third kappa shape index (κ3) is 7.73. The Morgan fingerprint density at radius 2 is 1.61 bits per heavy atom. The lowest BCUT2D eigenvalue weighted by Crippen LogP contribution is -2.41. The molecule has 0 saturated heterocycles. The highest BCUT2D eigenvalue weighted by atomic mass is 32.2. The van der Waals surface area contributed by atoms with E-state index in [9.17, 15) is 4.21 Å². The van der Waals surface area contributed by atoms with Gasteiger partial charge in [-0.05, 0) is 53.4 Å². The minimum absolute atomic E-state index is 0.132. The van der Waals surface area contributed by atoms with Crippen LogP contribution in [0.2, 0.25) is 0 Å². The van der Waals surface area contributed by atoms with Gasteiger partial charge in [-0.2, -0.15) is 0 Å². The minimum atomic E-state index is -1.12. The SMILES string of the molecule is CC(C)[C@@H](C#COC(C)(C)C)N[S@@](=O)C(C)(C)C. The Bertz CT molecular complexity index is 340. The molecule has 0 amide bonds. The molecular formula is C14H27NO2S. The number of hydrogen-bond donors (Lipinski definition) is 1. The van der Waals surface area contributed by atoms with Gasteiger partial charge in [-0.1, -0.05) is 13.8 Å². The van der Waals surface area contributed by atoms with Gasteiger partial charge in [0.2, 0.25) is 0 Å². The summed E-state index contributed by atoms with van der Waals surface area (Å²) in [5.41, 5.74) is -0.280.